The van der Waals surface area contributed by atoms with Crippen LogP contribution in [0.3, 0.4) is 0 Å². The Hall–Kier alpha value is -1.69. The summed E-state index contributed by atoms with van der Waals surface area (Å²) in [6, 6.07) is 1.95. The van der Waals surface area contributed by atoms with Crippen molar-refractivity contribution in [3.63, 3.8) is 0 Å². The van der Waals surface area contributed by atoms with Crippen LogP contribution in [-0.2, 0) is 22.5 Å². The van der Waals surface area contributed by atoms with Crippen LogP contribution in [0.15, 0.2) is 17.6 Å². The van der Waals surface area contributed by atoms with Crippen LogP contribution in [0.5, 0.6) is 0 Å². The fourth-order valence-corrected chi connectivity index (χ4v) is 2.52. The van der Waals surface area contributed by atoms with Crippen LogP contribution in [0, 0.1) is 0 Å². The second kappa shape index (κ2) is 5.77. The van der Waals surface area contributed by atoms with Crippen LogP contribution in [-0.4, -0.2) is 27.8 Å². The van der Waals surface area contributed by atoms with Crippen molar-refractivity contribution in [1.29, 1.82) is 0 Å². The molecule has 0 spiro atoms. The smallest absolute Gasteiger partial charge is 0.305 e. The van der Waals surface area contributed by atoms with E-state index in [0.717, 1.165) is 22.9 Å². The predicted molar refractivity (Wildman–Crippen MR) is 69.3 cm³/mol. The van der Waals surface area contributed by atoms with Crippen molar-refractivity contribution in [2.24, 2.45) is 0 Å². The van der Waals surface area contributed by atoms with E-state index in [1.165, 1.54) is 7.11 Å². The van der Waals surface area contributed by atoms with Crippen LogP contribution in [0.25, 0.3) is 10.7 Å². The van der Waals surface area contributed by atoms with Gasteiger partial charge >= 0.3 is 5.97 Å². The van der Waals surface area contributed by atoms with Crippen LogP contribution in [0.1, 0.15) is 19.0 Å². The molecule has 0 aliphatic rings. The topological polar surface area (TPSA) is 57.0 Å². The summed E-state index contributed by atoms with van der Waals surface area (Å²) < 4.78 is 6.52. The van der Waals surface area contributed by atoms with Gasteiger partial charge in [0.2, 0.25) is 0 Å². The Balaban J connectivity index is 2.08. The molecular formula is C12H15N3O2S. The highest BCUT2D eigenvalue weighted by Gasteiger charge is 2.10. The first-order valence-corrected chi connectivity index (χ1v) is 6.66. The van der Waals surface area contributed by atoms with Crippen molar-refractivity contribution in [1.82, 2.24) is 14.8 Å². The molecule has 2 heterocycles. The third-order valence-electron chi connectivity index (χ3n) is 2.60. The van der Waals surface area contributed by atoms with Crippen molar-refractivity contribution in [3.8, 4) is 10.7 Å². The average molecular weight is 265 g/mol. The summed E-state index contributed by atoms with van der Waals surface area (Å²) in [4.78, 5) is 15.6. The highest BCUT2D eigenvalue weighted by atomic mass is 32.1. The fraction of sp³-hybridized carbons (Fsp3) is 0.417. The van der Waals surface area contributed by atoms with Crippen LogP contribution >= 0.6 is 11.3 Å². The van der Waals surface area contributed by atoms with Crippen molar-refractivity contribution in [2.75, 3.05) is 7.11 Å². The monoisotopic (exact) mass is 265 g/mol. The molecule has 0 bridgehead atoms. The lowest BCUT2D eigenvalue weighted by Gasteiger charge is -2.00. The van der Waals surface area contributed by atoms with Crippen LogP contribution in [0.4, 0.5) is 0 Å². The van der Waals surface area contributed by atoms with Gasteiger partial charge in [-0.05, 0) is 13.0 Å². The maximum atomic E-state index is 11.1. The molecule has 0 atom stereocenters. The molecule has 0 aliphatic heterocycles. The number of thiazole rings is 1. The minimum absolute atomic E-state index is 0.205. The van der Waals surface area contributed by atoms with E-state index in [1.807, 2.05) is 23.1 Å². The number of aromatic nitrogens is 3. The highest BCUT2D eigenvalue weighted by Crippen LogP contribution is 2.23. The van der Waals surface area contributed by atoms with E-state index in [1.54, 1.807) is 17.5 Å². The summed E-state index contributed by atoms with van der Waals surface area (Å²) in [5, 5.41) is 7.13. The van der Waals surface area contributed by atoms with Gasteiger partial charge in [0, 0.05) is 24.5 Å². The summed E-state index contributed by atoms with van der Waals surface area (Å²) in [5.41, 5.74) is 1.94. The van der Waals surface area contributed by atoms with E-state index in [4.69, 9.17) is 0 Å². The molecule has 0 aromatic carbocycles. The van der Waals surface area contributed by atoms with E-state index in [-0.39, 0.29) is 5.97 Å². The van der Waals surface area contributed by atoms with Crippen LogP contribution < -0.4 is 0 Å². The predicted octanol–water partition coefficient (Wildman–Crippen LogP) is 2.13. The summed E-state index contributed by atoms with van der Waals surface area (Å²) >= 11 is 1.57. The maximum Gasteiger partial charge on any atom is 0.305 e. The normalized spacial score (nSPS) is 10.6. The minimum Gasteiger partial charge on any atom is -0.469 e. The van der Waals surface area contributed by atoms with Gasteiger partial charge in [0.15, 0.2) is 0 Å². The summed E-state index contributed by atoms with van der Waals surface area (Å²) in [5.74, 6) is -0.205. The quantitative estimate of drug-likeness (QED) is 0.777. The molecule has 0 N–H and O–H groups in total. The molecule has 0 unspecified atom stereocenters. The first kappa shape index (κ1) is 12.8. The molecule has 0 aliphatic carbocycles. The molecule has 0 fully saturated rings. The Labute approximate surface area is 109 Å². The minimum atomic E-state index is -0.205. The van der Waals surface area contributed by atoms with Gasteiger partial charge in [-0.25, -0.2) is 4.98 Å². The Kier molecular flexibility index (Phi) is 4.09. The Bertz CT molecular complexity index is 533. The van der Waals surface area contributed by atoms with E-state index >= 15 is 0 Å². The number of ether oxygens (including phenoxy) is 1. The Morgan fingerprint density at radius 2 is 2.39 bits per heavy atom. The lowest BCUT2D eigenvalue weighted by Crippen LogP contribution is -2.02. The molecule has 0 radical (unpaired) electrons. The molecule has 18 heavy (non-hydrogen) atoms. The zero-order valence-electron chi connectivity index (χ0n) is 10.4. The zero-order valence-corrected chi connectivity index (χ0v) is 11.2. The molecule has 0 amide bonds. The van der Waals surface area contributed by atoms with Gasteiger partial charge < -0.3 is 4.74 Å². The number of nitrogens with zero attached hydrogens (tertiary/aromatic N) is 3. The van der Waals surface area contributed by atoms with Gasteiger partial charge in [0.05, 0.1) is 24.9 Å². The van der Waals surface area contributed by atoms with Gasteiger partial charge in [-0.1, -0.05) is 0 Å². The lowest BCUT2D eigenvalue weighted by molar-refractivity contribution is -0.140. The van der Waals surface area contributed by atoms with E-state index in [2.05, 4.69) is 14.8 Å². The van der Waals surface area contributed by atoms with E-state index < -0.39 is 0 Å². The maximum absolute atomic E-state index is 11.1. The summed E-state index contributed by atoms with van der Waals surface area (Å²) in [6.45, 7) is 2.86. The number of esters is 1. The second-order valence-corrected chi connectivity index (χ2v) is 4.61. The number of carbonyl (C=O) groups is 1. The van der Waals surface area contributed by atoms with Gasteiger partial charge in [-0.2, -0.15) is 5.10 Å². The molecule has 2 aromatic heterocycles. The number of aryl methyl sites for hydroxylation is 2. The number of hydrogen-bond donors (Lipinski definition) is 0. The molecule has 2 rings (SSSR count). The zero-order chi connectivity index (χ0) is 13.0. The van der Waals surface area contributed by atoms with Crippen molar-refractivity contribution in [3.05, 3.63) is 23.3 Å². The number of rotatable bonds is 5. The first-order chi connectivity index (χ1) is 8.74. The molecule has 96 valence electrons. The highest BCUT2D eigenvalue weighted by molar-refractivity contribution is 7.13. The average Bonchev–Trinajstić information content (AvgIpc) is 3.03. The number of carbonyl (C=O) groups excluding carboxylic acids is 1. The first-order valence-electron chi connectivity index (χ1n) is 5.78. The summed E-state index contributed by atoms with van der Waals surface area (Å²) in [7, 11) is 1.40. The van der Waals surface area contributed by atoms with E-state index in [9.17, 15) is 4.79 Å². The standard InChI is InChI=1S/C12H15N3O2S/c1-3-15-10(6-7-13-15)12-14-9(8-18-12)4-5-11(16)17-2/h6-8H,3-5H2,1-2H3. The summed E-state index contributed by atoms with van der Waals surface area (Å²) in [6.07, 6.45) is 2.75. The van der Waals surface area contributed by atoms with Crippen LogP contribution in [0.2, 0.25) is 0 Å². The van der Waals surface area contributed by atoms with Crippen molar-refractivity contribution < 1.29 is 9.53 Å². The van der Waals surface area contributed by atoms with E-state index in [0.29, 0.717) is 12.8 Å². The third-order valence-corrected chi connectivity index (χ3v) is 3.51. The third kappa shape index (κ3) is 2.76. The fourth-order valence-electron chi connectivity index (χ4n) is 1.64. The molecule has 2 aromatic rings. The number of hydrogen-bond acceptors (Lipinski definition) is 5. The Morgan fingerprint density at radius 3 is 3.11 bits per heavy atom. The van der Waals surface area contributed by atoms with Gasteiger partial charge in [0.25, 0.3) is 0 Å². The van der Waals surface area contributed by atoms with Crippen molar-refractivity contribution in [2.45, 2.75) is 26.3 Å². The molecule has 0 saturated carbocycles. The van der Waals surface area contributed by atoms with Crippen molar-refractivity contribution >= 4 is 17.3 Å². The Morgan fingerprint density at radius 1 is 1.56 bits per heavy atom. The van der Waals surface area contributed by atoms with Gasteiger partial charge in [-0.15, -0.1) is 11.3 Å². The van der Waals surface area contributed by atoms with Gasteiger partial charge in [0.1, 0.15) is 5.01 Å². The molecule has 6 heteroatoms. The second-order valence-electron chi connectivity index (χ2n) is 3.75. The largest absolute Gasteiger partial charge is 0.469 e. The molecular weight excluding hydrogens is 250 g/mol. The lowest BCUT2D eigenvalue weighted by atomic mass is 10.2. The molecule has 0 saturated heterocycles. The van der Waals surface area contributed by atoms with Gasteiger partial charge in [-0.3, -0.25) is 9.48 Å². The number of methoxy groups -OCH3 is 1. The SMILES string of the molecule is CCn1nccc1-c1nc(CCC(=O)OC)cs1. The molecule has 5 nitrogen and oxygen atoms in total.